The van der Waals surface area contributed by atoms with Crippen LogP contribution in [0.1, 0.15) is 34.8 Å². The lowest BCUT2D eigenvalue weighted by Gasteiger charge is -2.08. The Labute approximate surface area is 138 Å². The first kappa shape index (κ1) is 14.7. The van der Waals surface area contributed by atoms with Crippen LogP contribution in [0.25, 0.3) is 0 Å². The summed E-state index contributed by atoms with van der Waals surface area (Å²) in [6, 6.07) is 8.38. The second-order valence-electron chi connectivity index (χ2n) is 5.92. The quantitative estimate of drug-likeness (QED) is 0.894. The third-order valence-electron chi connectivity index (χ3n) is 4.13. The van der Waals surface area contributed by atoms with Gasteiger partial charge < -0.3 is 14.8 Å². The molecule has 0 bridgehead atoms. The Balaban J connectivity index is 1.38. The Hall–Kier alpha value is -2.83. The van der Waals surface area contributed by atoms with Crippen molar-refractivity contribution in [2.24, 2.45) is 0 Å². The second-order valence-corrected chi connectivity index (χ2v) is 5.92. The van der Waals surface area contributed by atoms with Gasteiger partial charge in [0.15, 0.2) is 11.5 Å². The van der Waals surface area contributed by atoms with E-state index in [9.17, 15) is 9.59 Å². The van der Waals surface area contributed by atoms with Crippen LogP contribution in [0.4, 0.5) is 0 Å². The summed E-state index contributed by atoms with van der Waals surface area (Å²) in [5.41, 5.74) is 1.29. The smallest absolute Gasteiger partial charge is 0.266 e. The number of carbonyl (C=O) groups excluding carboxylic acids is 1. The highest BCUT2D eigenvalue weighted by atomic mass is 16.7. The number of nitrogens with zero attached hydrogens (tertiary/aromatic N) is 2. The Kier molecular flexibility index (Phi) is 3.68. The minimum Gasteiger partial charge on any atom is -0.454 e. The van der Waals surface area contributed by atoms with Gasteiger partial charge in [0.1, 0.15) is 0 Å². The van der Waals surface area contributed by atoms with Gasteiger partial charge in [0.2, 0.25) is 6.79 Å². The summed E-state index contributed by atoms with van der Waals surface area (Å²) in [7, 11) is 0. The zero-order chi connectivity index (χ0) is 16.5. The highest BCUT2D eigenvalue weighted by Crippen LogP contribution is 2.38. The summed E-state index contributed by atoms with van der Waals surface area (Å²) in [6.07, 6.45) is 2.26. The van der Waals surface area contributed by atoms with Crippen molar-refractivity contribution < 1.29 is 14.3 Å². The number of hydrogen-bond acceptors (Lipinski definition) is 5. The average Bonchev–Trinajstić information content (AvgIpc) is 3.33. The molecule has 4 rings (SSSR count). The SMILES string of the molecule is O=C(NCCn1nc(C2CC2)ccc1=O)c1ccc2c(c1)OCO2. The molecule has 1 fully saturated rings. The molecule has 0 spiro atoms. The predicted molar refractivity (Wildman–Crippen MR) is 85.4 cm³/mol. The molecule has 7 nitrogen and oxygen atoms in total. The van der Waals surface area contributed by atoms with E-state index in [1.54, 1.807) is 30.3 Å². The van der Waals surface area contributed by atoms with E-state index in [0.29, 0.717) is 36.1 Å². The molecule has 7 heteroatoms. The lowest BCUT2D eigenvalue weighted by atomic mass is 10.2. The van der Waals surface area contributed by atoms with Crippen LogP contribution in [0, 0.1) is 0 Å². The number of nitrogens with one attached hydrogen (secondary N) is 1. The monoisotopic (exact) mass is 327 g/mol. The van der Waals surface area contributed by atoms with E-state index in [2.05, 4.69) is 10.4 Å². The van der Waals surface area contributed by atoms with Crippen LogP contribution in [0.2, 0.25) is 0 Å². The molecule has 1 aliphatic heterocycles. The maximum Gasteiger partial charge on any atom is 0.266 e. The fraction of sp³-hybridized carbons (Fsp3) is 0.353. The molecule has 0 saturated heterocycles. The Morgan fingerprint density at radius 2 is 2.04 bits per heavy atom. The Morgan fingerprint density at radius 1 is 1.21 bits per heavy atom. The van der Waals surface area contributed by atoms with Gasteiger partial charge in [0.05, 0.1) is 12.2 Å². The number of rotatable bonds is 5. The van der Waals surface area contributed by atoms with E-state index < -0.39 is 0 Å². The Morgan fingerprint density at radius 3 is 2.88 bits per heavy atom. The van der Waals surface area contributed by atoms with Crippen molar-refractivity contribution in [3.63, 3.8) is 0 Å². The largest absolute Gasteiger partial charge is 0.454 e. The first-order valence-corrected chi connectivity index (χ1v) is 7.96. The zero-order valence-electron chi connectivity index (χ0n) is 13.0. The molecule has 2 aliphatic rings. The second kappa shape index (κ2) is 5.99. The van der Waals surface area contributed by atoms with Crippen molar-refractivity contribution in [3.05, 3.63) is 51.9 Å². The molecule has 1 amide bonds. The summed E-state index contributed by atoms with van der Waals surface area (Å²) in [5, 5.41) is 7.16. The van der Waals surface area contributed by atoms with Crippen LogP contribution in [0.5, 0.6) is 11.5 Å². The maximum atomic E-state index is 12.2. The molecule has 2 heterocycles. The highest BCUT2D eigenvalue weighted by Gasteiger charge is 2.25. The van der Waals surface area contributed by atoms with Crippen LogP contribution in [-0.4, -0.2) is 29.0 Å². The third kappa shape index (κ3) is 2.97. The van der Waals surface area contributed by atoms with Crippen molar-refractivity contribution in [1.29, 1.82) is 0 Å². The number of ether oxygens (including phenoxy) is 2. The summed E-state index contributed by atoms with van der Waals surface area (Å²) in [5.74, 6) is 1.47. The maximum absolute atomic E-state index is 12.2. The lowest BCUT2D eigenvalue weighted by molar-refractivity contribution is 0.0951. The summed E-state index contributed by atoms with van der Waals surface area (Å²) in [6.45, 7) is 0.844. The molecule has 1 aliphatic carbocycles. The summed E-state index contributed by atoms with van der Waals surface area (Å²) >= 11 is 0. The topological polar surface area (TPSA) is 82.5 Å². The van der Waals surface area contributed by atoms with Crippen LogP contribution in [0.15, 0.2) is 35.1 Å². The first-order chi connectivity index (χ1) is 11.7. The lowest BCUT2D eigenvalue weighted by Crippen LogP contribution is -2.32. The fourth-order valence-corrected chi connectivity index (χ4v) is 2.64. The van der Waals surface area contributed by atoms with Gasteiger partial charge in [-0.15, -0.1) is 0 Å². The number of benzene rings is 1. The summed E-state index contributed by atoms with van der Waals surface area (Å²) < 4.78 is 11.9. The van der Waals surface area contributed by atoms with Crippen molar-refractivity contribution >= 4 is 5.91 Å². The minimum atomic E-state index is -0.223. The first-order valence-electron chi connectivity index (χ1n) is 7.96. The van der Waals surface area contributed by atoms with Gasteiger partial charge in [-0.05, 0) is 37.1 Å². The molecule has 1 aromatic carbocycles. The number of hydrogen-bond donors (Lipinski definition) is 1. The fourth-order valence-electron chi connectivity index (χ4n) is 2.64. The van der Waals surface area contributed by atoms with Crippen molar-refractivity contribution in [2.45, 2.75) is 25.3 Å². The van der Waals surface area contributed by atoms with Crippen molar-refractivity contribution in [3.8, 4) is 11.5 Å². The molecule has 1 N–H and O–H groups in total. The van der Waals surface area contributed by atoms with Gasteiger partial charge >= 0.3 is 0 Å². The number of carbonyl (C=O) groups is 1. The van der Waals surface area contributed by atoms with E-state index >= 15 is 0 Å². The average molecular weight is 327 g/mol. The van der Waals surface area contributed by atoms with Crippen molar-refractivity contribution in [1.82, 2.24) is 15.1 Å². The molecule has 2 aromatic rings. The van der Waals surface area contributed by atoms with E-state index in [-0.39, 0.29) is 18.3 Å². The van der Waals surface area contributed by atoms with Gasteiger partial charge in [0.25, 0.3) is 11.5 Å². The molecule has 24 heavy (non-hydrogen) atoms. The molecule has 1 aromatic heterocycles. The molecular weight excluding hydrogens is 310 g/mol. The standard InChI is InChI=1S/C17H17N3O4/c21-16-6-4-13(11-1-2-11)19-20(16)8-7-18-17(22)12-3-5-14-15(9-12)24-10-23-14/h3-6,9,11H,1-2,7-8,10H2,(H,18,22). The van der Waals surface area contributed by atoms with Gasteiger partial charge in [-0.25, -0.2) is 4.68 Å². The number of fused-ring (bicyclic) bond motifs is 1. The highest BCUT2D eigenvalue weighted by molar-refractivity contribution is 5.94. The third-order valence-corrected chi connectivity index (χ3v) is 4.13. The van der Waals surface area contributed by atoms with Crippen LogP contribution < -0.4 is 20.3 Å². The van der Waals surface area contributed by atoms with Crippen LogP contribution in [0.3, 0.4) is 0 Å². The van der Waals surface area contributed by atoms with E-state index in [0.717, 1.165) is 18.5 Å². The molecular formula is C17H17N3O4. The molecule has 124 valence electrons. The van der Waals surface area contributed by atoms with Gasteiger partial charge in [-0.3, -0.25) is 9.59 Å². The zero-order valence-corrected chi connectivity index (χ0v) is 13.0. The molecule has 0 atom stereocenters. The molecule has 0 unspecified atom stereocenters. The normalized spacial score (nSPS) is 15.3. The Bertz CT molecular complexity index is 842. The van der Waals surface area contributed by atoms with Gasteiger partial charge in [0, 0.05) is 24.1 Å². The van der Waals surface area contributed by atoms with E-state index in [4.69, 9.17) is 9.47 Å². The van der Waals surface area contributed by atoms with Crippen molar-refractivity contribution in [2.75, 3.05) is 13.3 Å². The van der Waals surface area contributed by atoms with Crippen LogP contribution in [-0.2, 0) is 6.54 Å². The number of amides is 1. The van der Waals surface area contributed by atoms with Gasteiger partial charge in [-0.1, -0.05) is 0 Å². The van der Waals surface area contributed by atoms with E-state index in [1.807, 2.05) is 0 Å². The summed E-state index contributed by atoms with van der Waals surface area (Å²) in [4.78, 5) is 24.0. The number of aromatic nitrogens is 2. The minimum absolute atomic E-state index is 0.156. The predicted octanol–water partition coefficient (Wildman–Crippen LogP) is 1.28. The van der Waals surface area contributed by atoms with Crippen LogP contribution >= 0.6 is 0 Å². The molecule has 0 radical (unpaired) electrons. The molecule has 1 saturated carbocycles. The van der Waals surface area contributed by atoms with E-state index in [1.165, 1.54) is 4.68 Å². The van der Waals surface area contributed by atoms with Gasteiger partial charge in [-0.2, -0.15) is 5.10 Å².